The highest BCUT2D eigenvalue weighted by Gasteiger charge is 2.45. The average molecular weight is 551 g/mol. The number of nitrogens with zero attached hydrogens (tertiary/aromatic N) is 5. The van der Waals surface area contributed by atoms with E-state index in [-0.39, 0.29) is 40.8 Å². The molecule has 10 heteroatoms. The van der Waals surface area contributed by atoms with Crippen LogP contribution in [-0.2, 0) is 13.0 Å². The molecule has 41 heavy (non-hydrogen) atoms. The zero-order valence-electron chi connectivity index (χ0n) is 22.7. The molecule has 4 aromatic rings. The number of hydrogen-bond acceptors (Lipinski definition) is 6. The number of amides is 2. The van der Waals surface area contributed by atoms with Gasteiger partial charge in [0.1, 0.15) is 11.4 Å². The number of piperazine rings is 1. The van der Waals surface area contributed by atoms with Gasteiger partial charge in [0.2, 0.25) is 0 Å². The number of carbonyl (C=O) groups excluding carboxylic acids is 2. The zero-order valence-corrected chi connectivity index (χ0v) is 22.7. The summed E-state index contributed by atoms with van der Waals surface area (Å²) in [6, 6.07) is 17.1. The van der Waals surface area contributed by atoms with Crippen LogP contribution >= 0.6 is 0 Å². The SMILES string of the molecule is Cc1c(C(=O)O)ccc2c1CC[C@@H]2NC(=O)c1cc(C(=O)N2C[C@H]3C[C@@H]2CN3Cc2ccccc2)nc2ccnn12. The summed E-state index contributed by atoms with van der Waals surface area (Å²) in [7, 11) is 0. The number of carbonyl (C=O) groups is 3. The molecule has 2 amide bonds. The Kier molecular flexibility index (Phi) is 6.08. The molecule has 1 aliphatic carbocycles. The quantitative estimate of drug-likeness (QED) is 0.378. The number of fused-ring (bicyclic) bond motifs is 4. The number of likely N-dealkylation sites (tertiary alicyclic amines) is 2. The third-order valence-corrected chi connectivity index (χ3v) is 8.88. The minimum atomic E-state index is -0.956. The van der Waals surface area contributed by atoms with Gasteiger partial charge in [-0.25, -0.2) is 14.3 Å². The van der Waals surface area contributed by atoms with Gasteiger partial charge < -0.3 is 15.3 Å². The molecule has 3 aliphatic rings. The van der Waals surface area contributed by atoms with Gasteiger partial charge in [0.25, 0.3) is 11.8 Å². The third kappa shape index (κ3) is 4.35. The number of aromatic nitrogens is 3. The second-order valence-corrected chi connectivity index (χ2v) is 11.2. The van der Waals surface area contributed by atoms with E-state index in [4.69, 9.17) is 0 Å². The smallest absolute Gasteiger partial charge is 0.335 e. The lowest BCUT2D eigenvalue weighted by molar-refractivity contribution is 0.0609. The van der Waals surface area contributed by atoms with Crippen molar-refractivity contribution in [3.8, 4) is 0 Å². The maximum atomic E-state index is 13.7. The van der Waals surface area contributed by atoms with E-state index in [1.54, 1.807) is 30.5 Å². The number of benzene rings is 2. The molecule has 10 nitrogen and oxygen atoms in total. The van der Waals surface area contributed by atoms with Gasteiger partial charge in [-0.3, -0.25) is 14.5 Å². The van der Waals surface area contributed by atoms with Gasteiger partial charge in [0.05, 0.1) is 17.8 Å². The van der Waals surface area contributed by atoms with Crippen LogP contribution in [0.1, 0.15) is 72.5 Å². The van der Waals surface area contributed by atoms with Crippen LogP contribution < -0.4 is 5.32 Å². The summed E-state index contributed by atoms with van der Waals surface area (Å²) >= 11 is 0. The van der Waals surface area contributed by atoms with E-state index in [0.717, 1.165) is 36.2 Å². The molecule has 0 saturated carbocycles. The van der Waals surface area contributed by atoms with Crippen molar-refractivity contribution >= 4 is 23.4 Å². The number of rotatable bonds is 6. The normalized spacial score (nSPS) is 21.4. The van der Waals surface area contributed by atoms with Crippen molar-refractivity contribution in [1.82, 2.24) is 29.7 Å². The minimum absolute atomic E-state index is 0.116. The maximum Gasteiger partial charge on any atom is 0.335 e. The fraction of sp³-hybridized carbons (Fsp3) is 0.323. The fourth-order valence-electron chi connectivity index (χ4n) is 6.84. The van der Waals surface area contributed by atoms with Crippen molar-refractivity contribution in [3.05, 3.63) is 100.0 Å². The molecule has 3 atom stereocenters. The molecule has 2 aromatic heterocycles. The number of aromatic carboxylic acids is 1. The van der Waals surface area contributed by atoms with E-state index in [1.807, 2.05) is 30.0 Å². The summed E-state index contributed by atoms with van der Waals surface area (Å²) < 4.78 is 1.46. The zero-order chi connectivity index (χ0) is 28.2. The number of hydrogen-bond donors (Lipinski definition) is 2. The Hall–Kier alpha value is -4.57. The number of carboxylic acids is 1. The van der Waals surface area contributed by atoms with Crippen LogP contribution in [0.15, 0.2) is 60.8 Å². The first-order chi connectivity index (χ1) is 19.9. The Balaban J connectivity index is 1.10. The van der Waals surface area contributed by atoms with Gasteiger partial charge in [-0.05, 0) is 54.5 Å². The summed E-state index contributed by atoms with van der Waals surface area (Å²) in [4.78, 5) is 47.8. The van der Waals surface area contributed by atoms with Gasteiger partial charge in [-0.15, -0.1) is 0 Å². The van der Waals surface area contributed by atoms with Crippen LogP contribution in [0.25, 0.3) is 5.65 Å². The molecule has 2 aromatic carbocycles. The Labute approximate surface area is 236 Å². The molecular weight excluding hydrogens is 520 g/mol. The highest BCUT2D eigenvalue weighted by atomic mass is 16.4. The minimum Gasteiger partial charge on any atom is -0.478 e. The average Bonchev–Trinajstić information content (AvgIpc) is 3.77. The first kappa shape index (κ1) is 25.4. The lowest BCUT2D eigenvalue weighted by Crippen LogP contribution is -2.48. The Morgan fingerprint density at radius 2 is 1.88 bits per heavy atom. The molecule has 0 spiro atoms. The third-order valence-electron chi connectivity index (χ3n) is 8.88. The predicted molar refractivity (Wildman–Crippen MR) is 150 cm³/mol. The van der Waals surface area contributed by atoms with E-state index in [9.17, 15) is 19.5 Å². The highest BCUT2D eigenvalue weighted by Crippen LogP contribution is 2.35. The van der Waals surface area contributed by atoms with E-state index in [2.05, 4.69) is 32.4 Å². The van der Waals surface area contributed by atoms with Crippen LogP contribution in [0.3, 0.4) is 0 Å². The topological polar surface area (TPSA) is 120 Å². The largest absolute Gasteiger partial charge is 0.478 e. The van der Waals surface area contributed by atoms with Crippen molar-refractivity contribution in [3.63, 3.8) is 0 Å². The summed E-state index contributed by atoms with van der Waals surface area (Å²) in [6.07, 6.45) is 3.85. The van der Waals surface area contributed by atoms with Crippen molar-refractivity contribution in [2.75, 3.05) is 13.1 Å². The Morgan fingerprint density at radius 1 is 1.05 bits per heavy atom. The van der Waals surface area contributed by atoms with Gasteiger partial charge in [-0.2, -0.15) is 5.10 Å². The summed E-state index contributed by atoms with van der Waals surface area (Å²) in [5.74, 6) is -1.48. The van der Waals surface area contributed by atoms with Crippen LogP contribution in [0, 0.1) is 6.92 Å². The van der Waals surface area contributed by atoms with Crippen molar-refractivity contribution in [1.29, 1.82) is 0 Å². The Morgan fingerprint density at radius 3 is 2.63 bits per heavy atom. The van der Waals surface area contributed by atoms with Crippen molar-refractivity contribution in [2.45, 2.75) is 50.9 Å². The molecule has 2 aliphatic heterocycles. The second-order valence-electron chi connectivity index (χ2n) is 11.2. The lowest BCUT2D eigenvalue weighted by atomic mass is 9.98. The summed E-state index contributed by atoms with van der Waals surface area (Å²) in [6.45, 7) is 4.14. The molecule has 0 radical (unpaired) electrons. The van der Waals surface area contributed by atoms with Crippen molar-refractivity contribution < 1.29 is 19.5 Å². The molecule has 7 rings (SSSR count). The van der Waals surface area contributed by atoms with Crippen LogP contribution in [0.5, 0.6) is 0 Å². The van der Waals surface area contributed by atoms with E-state index in [0.29, 0.717) is 31.1 Å². The molecule has 0 unspecified atom stereocenters. The predicted octanol–water partition coefficient (Wildman–Crippen LogP) is 3.25. The maximum absolute atomic E-state index is 13.7. The summed E-state index contributed by atoms with van der Waals surface area (Å²) in [5.41, 5.74) is 5.09. The monoisotopic (exact) mass is 550 g/mol. The van der Waals surface area contributed by atoms with Gasteiger partial charge in [-0.1, -0.05) is 36.4 Å². The van der Waals surface area contributed by atoms with Crippen LogP contribution in [-0.4, -0.2) is 72.5 Å². The molecule has 2 fully saturated rings. The molecule has 2 N–H and O–H groups in total. The first-order valence-electron chi connectivity index (χ1n) is 14.0. The van der Waals surface area contributed by atoms with Gasteiger partial charge >= 0.3 is 5.97 Å². The van der Waals surface area contributed by atoms with E-state index in [1.165, 1.54) is 10.1 Å². The molecule has 4 heterocycles. The second kappa shape index (κ2) is 9.81. The van der Waals surface area contributed by atoms with Gasteiger partial charge in [0, 0.05) is 43.9 Å². The van der Waals surface area contributed by atoms with Gasteiger partial charge in [0.15, 0.2) is 5.65 Å². The van der Waals surface area contributed by atoms with E-state index >= 15 is 0 Å². The first-order valence-corrected chi connectivity index (χ1v) is 14.0. The molecule has 2 bridgehead atoms. The fourth-order valence-corrected chi connectivity index (χ4v) is 6.84. The number of carboxylic acid groups (broad SMARTS) is 1. The van der Waals surface area contributed by atoms with E-state index < -0.39 is 5.97 Å². The number of nitrogens with one attached hydrogen (secondary N) is 1. The van der Waals surface area contributed by atoms with Crippen LogP contribution in [0.4, 0.5) is 0 Å². The lowest BCUT2D eigenvalue weighted by Gasteiger charge is -2.34. The molecular formula is C31H30N6O4. The standard InChI is InChI=1S/C31H30N6O4/c1-18-22-9-10-25(24(22)8-7-23(18)31(40)41)34-29(38)27-14-26(33-28-11-12-32-37(27)28)30(39)36-17-20-13-21(36)16-35(20)15-19-5-3-2-4-6-19/h2-8,11-12,14,20-21,25H,9-10,13,15-17H2,1H3,(H,34,38)(H,40,41)/t20-,21-,25+/m1/s1. The molecule has 208 valence electrons. The summed E-state index contributed by atoms with van der Waals surface area (Å²) in [5, 5.41) is 16.9. The Bertz CT molecular complexity index is 1700. The molecule has 2 saturated heterocycles. The van der Waals surface area contributed by atoms with Crippen molar-refractivity contribution in [2.24, 2.45) is 0 Å². The highest BCUT2D eigenvalue weighted by molar-refractivity contribution is 5.99. The van der Waals surface area contributed by atoms with Crippen LogP contribution in [0.2, 0.25) is 0 Å².